The molecule has 96 valence electrons. The van der Waals surface area contributed by atoms with Crippen LogP contribution in [0.15, 0.2) is 23.4 Å². The van der Waals surface area contributed by atoms with Crippen molar-refractivity contribution < 1.29 is 4.79 Å². The van der Waals surface area contributed by atoms with Crippen molar-refractivity contribution in [1.29, 1.82) is 0 Å². The van der Waals surface area contributed by atoms with Gasteiger partial charge in [0, 0.05) is 18.7 Å². The summed E-state index contributed by atoms with van der Waals surface area (Å²) in [5.74, 6) is 1.13. The maximum Gasteiger partial charge on any atom is 0.230 e. The molecule has 0 aliphatic carbocycles. The van der Waals surface area contributed by atoms with E-state index in [1.54, 1.807) is 0 Å². The van der Waals surface area contributed by atoms with Crippen LogP contribution in [0.2, 0.25) is 0 Å². The maximum absolute atomic E-state index is 12.2. The lowest BCUT2D eigenvalue weighted by Gasteiger charge is -2.22. The Labute approximate surface area is 105 Å². The number of carbonyl (C=O) groups is 1. The highest BCUT2D eigenvalue weighted by atomic mass is 16.2. The van der Waals surface area contributed by atoms with Gasteiger partial charge in [0.05, 0.1) is 0 Å². The van der Waals surface area contributed by atoms with Crippen LogP contribution in [0.5, 0.6) is 0 Å². The summed E-state index contributed by atoms with van der Waals surface area (Å²) in [5, 5.41) is 0. The second-order valence-electron chi connectivity index (χ2n) is 5.68. The molecule has 0 atom stereocenters. The van der Waals surface area contributed by atoms with Gasteiger partial charge < -0.3 is 4.90 Å². The molecule has 0 fully saturated rings. The molecule has 0 aromatic rings. The molecule has 0 saturated heterocycles. The Hall–Kier alpha value is -1.05. The van der Waals surface area contributed by atoms with Crippen molar-refractivity contribution in [3.63, 3.8) is 0 Å². The zero-order valence-electron chi connectivity index (χ0n) is 11.9. The van der Waals surface area contributed by atoms with Gasteiger partial charge in [0.15, 0.2) is 0 Å². The van der Waals surface area contributed by atoms with E-state index in [9.17, 15) is 4.79 Å². The molecule has 0 aromatic heterocycles. The smallest absolute Gasteiger partial charge is 0.230 e. The summed E-state index contributed by atoms with van der Waals surface area (Å²) in [5.41, 5.74) is 2.63. The summed E-state index contributed by atoms with van der Waals surface area (Å²) in [6, 6.07) is 0.235. The number of amides is 1. The second kappa shape index (κ2) is 5.52. The number of hydrogen-bond donors (Lipinski definition) is 0. The third-order valence-electron chi connectivity index (χ3n) is 3.29. The third kappa shape index (κ3) is 3.21. The van der Waals surface area contributed by atoms with Gasteiger partial charge >= 0.3 is 0 Å². The van der Waals surface area contributed by atoms with Crippen molar-refractivity contribution in [2.75, 3.05) is 0 Å². The molecule has 1 aliphatic rings. The van der Waals surface area contributed by atoms with Gasteiger partial charge in [-0.05, 0) is 37.3 Å². The highest BCUT2D eigenvalue weighted by Gasteiger charge is 2.23. The molecule has 0 radical (unpaired) electrons. The maximum atomic E-state index is 12.2. The first-order valence-corrected chi connectivity index (χ1v) is 6.56. The number of allylic oxidation sites excluding steroid dienone is 2. The lowest BCUT2D eigenvalue weighted by Crippen LogP contribution is -2.31. The van der Waals surface area contributed by atoms with Crippen molar-refractivity contribution >= 4 is 5.91 Å². The Morgan fingerprint density at radius 2 is 1.65 bits per heavy atom. The summed E-state index contributed by atoms with van der Waals surface area (Å²) < 4.78 is 0. The van der Waals surface area contributed by atoms with Gasteiger partial charge in [-0.1, -0.05) is 33.3 Å². The van der Waals surface area contributed by atoms with Crippen LogP contribution in [0.25, 0.3) is 0 Å². The van der Waals surface area contributed by atoms with E-state index in [0.29, 0.717) is 18.3 Å². The van der Waals surface area contributed by atoms with Gasteiger partial charge in [0.1, 0.15) is 0 Å². The number of rotatable bonds is 3. The van der Waals surface area contributed by atoms with Gasteiger partial charge in [-0.3, -0.25) is 4.79 Å². The van der Waals surface area contributed by atoms with E-state index < -0.39 is 0 Å². The van der Waals surface area contributed by atoms with Crippen LogP contribution in [0.1, 0.15) is 48.0 Å². The van der Waals surface area contributed by atoms with E-state index in [4.69, 9.17) is 0 Å². The molecule has 1 amide bonds. The molecule has 0 unspecified atom stereocenters. The topological polar surface area (TPSA) is 20.3 Å². The molecule has 2 nitrogen and oxygen atoms in total. The second-order valence-corrected chi connectivity index (χ2v) is 5.68. The molecule has 0 spiro atoms. The molecule has 0 aromatic carbocycles. The lowest BCUT2D eigenvalue weighted by molar-refractivity contribution is -0.129. The van der Waals surface area contributed by atoms with Crippen LogP contribution in [-0.4, -0.2) is 16.8 Å². The molecule has 0 bridgehead atoms. The number of hydrogen-bond acceptors (Lipinski definition) is 1. The Kier molecular flexibility index (Phi) is 4.55. The minimum Gasteiger partial charge on any atom is -0.316 e. The monoisotopic (exact) mass is 235 g/mol. The largest absolute Gasteiger partial charge is 0.316 e. The molecule has 0 saturated carbocycles. The van der Waals surface area contributed by atoms with E-state index >= 15 is 0 Å². The van der Waals surface area contributed by atoms with Crippen LogP contribution in [0.3, 0.4) is 0 Å². The molecule has 17 heavy (non-hydrogen) atoms. The van der Waals surface area contributed by atoms with Crippen LogP contribution >= 0.6 is 0 Å². The quantitative estimate of drug-likeness (QED) is 0.729. The molecule has 1 aliphatic heterocycles. The summed E-state index contributed by atoms with van der Waals surface area (Å²) in [4.78, 5) is 14.0. The lowest BCUT2D eigenvalue weighted by atomic mass is 9.89. The van der Waals surface area contributed by atoms with Crippen molar-refractivity contribution in [2.24, 2.45) is 11.8 Å². The van der Waals surface area contributed by atoms with Gasteiger partial charge in [0.25, 0.3) is 0 Å². The average molecular weight is 235 g/mol. The standard InChI is InChI=1S/C15H25NO/c1-10(2)13-7-8-16(12(5)6)15(17)9-14(13)11(3)4/h7-8,10-12H,9H2,1-6H3. The van der Waals surface area contributed by atoms with E-state index in [1.165, 1.54) is 11.1 Å². The minimum absolute atomic E-state index is 0.218. The van der Waals surface area contributed by atoms with Crippen molar-refractivity contribution in [3.05, 3.63) is 23.4 Å². The first-order valence-electron chi connectivity index (χ1n) is 6.56. The van der Waals surface area contributed by atoms with Crippen molar-refractivity contribution in [1.82, 2.24) is 4.90 Å². The molecule has 0 N–H and O–H groups in total. The van der Waals surface area contributed by atoms with Gasteiger partial charge in [0.2, 0.25) is 5.91 Å². The van der Waals surface area contributed by atoms with Crippen molar-refractivity contribution in [2.45, 2.75) is 54.0 Å². The van der Waals surface area contributed by atoms with Crippen LogP contribution < -0.4 is 0 Å². The van der Waals surface area contributed by atoms with Crippen molar-refractivity contribution in [3.8, 4) is 0 Å². The highest BCUT2D eigenvalue weighted by molar-refractivity contribution is 5.81. The van der Waals surface area contributed by atoms with Gasteiger partial charge in [-0.15, -0.1) is 0 Å². The van der Waals surface area contributed by atoms with Gasteiger partial charge in [-0.25, -0.2) is 0 Å². The third-order valence-corrected chi connectivity index (χ3v) is 3.29. The summed E-state index contributed by atoms with van der Waals surface area (Å²) in [7, 11) is 0. The minimum atomic E-state index is 0.218. The summed E-state index contributed by atoms with van der Waals surface area (Å²) in [6.45, 7) is 12.8. The zero-order valence-corrected chi connectivity index (χ0v) is 11.9. The molecule has 1 rings (SSSR count). The van der Waals surface area contributed by atoms with Gasteiger partial charge in [-0.2, -0.15) is 0 Å². The molecular weight excluding hydrogens is 210 g/mol. The normalized spacial score (nSPS) is 17.7. The van der Waals surface area contributed by atoms with E-state index in [0.717, 1.165) is 0 Å². The zero-order chi connectivity index (χ0) is 13.2. The predicted octanol–water partition coefficient (Wildman–Crippen LogP) is 3.75. The SMILES string of the molecule is CC(C)C1=C(C(C)C)CC(=O)N(C(C)C)C=C1. The molecule has 2 heteroatoms. The Balaban J connectivity index is 3.12. The fourth-order valence-electron chi connectivity index (χ4n) is 2.27. The van der Waals surface area contributed by atoms with Crippen LogP contribution in [0, 0.1) is 11.8 Å². The molecule has 1 heterocycles. The van der Waals surface area contributed by atoms with E-state index in [-0.39, 0.29) is 11.9 Å². The number of nitrogens with zero attached hydrogens (tertiary/aromatic N) is 1. The predicted molar refractivity (Wildman–Crippen MR) is 72.4 cm³/mol. The first-order chi connectivity index (χ1) is 7.84. The Morgan fingerprint density at radius 3 is 2.06 bits per heavy atom. The Morgan fingerprint density at radius 1 is 1.06 bits per heavy atom. The first kappa shape index (κ1) is 14.0. The highest BCUT2D eigenvalue weighted by Crippen LogP contribution is 2.28. The molecular formula is C15H25NO. The van der Waals surface area contributed by atoms with Crippen LogP contribution in [-0.2, 0) is 4.79 Å². The summed E-state index contributed by atoms with van der Waals surface area (Å²) >= 11 is 0. The fraction of sp³-hybridized carbons (Fsp3) is 0.667. The average Bonchev–Trinajstić information content (AvgIpc) is 2.36. The Bertz CT molecular complexity index is 348. The fourth-order valence-corrected chi connectivity index (χ4v) is 2.27. The summed E-state index contributed by atoms with van der Waals surface area (Å²) in [6.07, 6.45) is 4.65. The van der Waals surface area contributed by atoms with E-state index in [2.05, 4.69) is 47.6 Å². The van der Waals surface area contributed by atoms with E-state index in [1.807, 2.05) is 11.1 Å². The van der Waals surface area contributed by atoms with Crippen LogP contribution in [0.4, 0.5) is 0 Å². The number of carbonyl (C=O) groups excluding carboxylic acids is 1.